The summed E-state index contributed by atoms with van der Waals surface area (Å²) in [6.45, 7) is 6.15. The first-order valence-corrected chi connectivity index (χ1v) is 6.10. The number of nitrogens with one attached hydrogen (secondary N) is 1. The van der Waals surface area contributed by atoms with Gasteiger partial charge >= 0.3 is 0 Å². The largest absolute Gasteiger partial charge is 0.352 e. The lowest BCUT2D eigenvalue weighted by molar-refractivity contribution is -0.123. The summed E-state index contributed by atoms with van der Waals surface area (Å²) in [6.07, 6.45) is 0.581. The van der Waals surface area contributed by atoms with Crippen molar-refractivity contribution in [3.05, 3.63) is 35.9 Å². The van der Waals surface area contributed by atoms with Crippen molar-refractivity contribution in [3.8, 4) is 0 Å². The number of carbonyl (C=O) groups excluding carboxylic acids is 1. The highest BCUT2D eigenvalue weighted by Crippen LogP contribution is 2.04. The lowest BCUT2D eigenvalue weighted by atomic mass is 10.0. The molecule has 1 aromatic carbocycles. The third-order valence-corrected chi connectivity index (χ3v) is 3.01. The third kappa shape index (κ3) is 5.52. The zero-order valence-corrected chi connectivity index (χ0v) is 12.0. The first-order chi connectivity index (χ1) is 8.00. The van der Waals surface area contributed by atoms with Crippen molar-refractivity contribution in [2.45, 2.75) is 39.3 Å². The molecule has 0 fully saturated rings. The Bertz CT molecular complexity index is 354. The maximum atomic E-state index is 11.8. The molecule has 0 aliphatic heterocycles. The van der Waals surface area contributed by atoms with Crippen LogP contribution in [0.3, 0.4) is 0 Å². The quantitative estimate of drug-likeness (QED) is 0.861. The standard InChI is InChI=1S/C14H22N2O.ClH/c1-10(2)11(3)16-14(17)13(15)9-12-7-5-4-6-8-12;/h4-8,10-11,13H,9,15H2,1-3H3,(H,16,17);1H/t11?,13-;/m0./s1. The highest BCUT2D eigenvalue weighted by molar-refractivity contribution is 5.85. The molecular formula is C14H23ClN2O. The van der Waals surface area contributed by atoms with Crippen molar-refractivity contribution in [3.63, 3.8) is 0 Å². The summed E-state index contributed by atoms with van der Waals surface area (Å²) >= 11 is 0. The number of halogens is 1. The molecule has 0 aliphatic carbocycles. The van der Waals surface area contributed by atoms with Crippen LogP contribution in [0.5, 0.6) is 0 Å². The van der Waals surface area contributed by atoms with Crippen LogP contribution in [0.4, 0.5) is 0 Å². The highest BCUT2D eigenvalue weighted by Gasteiger charge is 2.17. The maximum absolute atomic E-state index is 11.8. The molecule has 0 saturated heterocycles. The number of amides is 1. The van der Waals surface area contributed by atoms with Gasteiger partial charge in [-0.05, 0) is 24.8 Å². The van der Waals surface area contributed by atoms with Gasteiger partial charge in [0.2, 0.25) is 5.91 Å². The van der Waals surface area contributed by atoms with Crippen molar-refractivity contribution >= 4 is 18.3 Å². The van der Waals surface area contributed by atoms with Crippen LogP contribution in [0.2, 0.25) is 0 Å². The van der Waals surface area contributed by atoms with Crippen LogP contribution in [0.25, 0.3) is 0 Å². The Morgan fingerprint density at radius 1 is 1.22 bits per heavy atom. The molecule has 1 unspecified atom stereocenters. The van der Waals surface area contributed by atoms with Crippen LogP contribution >= 0.6 is 12.4 Å². The Labute approximate surface area is 116 Å². The van der Waals surface area contributed by atoms with E-state index in [1.165, 1.54) is 0 Å². The molecule has 0 spiro atoms. The summed E-state index contributed by atoms with van der Waals surface area (Å²) < 4.78 is 0. The van der Waals surface area contributed by atoms with Gasteiger partial charge in [0.15, 0.2) is 0 Å². The molecule has 1 rings (SSSR count). The number of hydrogen-bond donors (Lipinski definition) is 2. The summed E-state index contributed by atoms with van der Waals surface area (Å²) in [5.41, 5.74) is 6.98. The van der Waals surface area contributed by atoms with Gasteiger partial charge in [0, 0.05) is 6.04 Å². The first kappa shape index (κ1) is 16.9. The van der Waals surface area contributed by atoms with Gasteiger partial charge < -0.3 is 11.1 Å². The zero-order valence-electron chi connectivity index (χ0n) is 11.2. The highest BCUT2D eigenvalue weighted by atomic mass is 35.5. The molecule has 0 aliphatic rings. The molecule has 0 heterocycles. The molecule has 0 radical (unpaired) electrons. The summed E-state index contributed by atoms with van der Waals surface area (Å²) in [5, 5.41) is 2.94. The minimum atomic E-state index is -0.474. The van der Waals surface area contributed by atoms with Crippen molar-refractivity contribution in [1.82, 2.24) is 5.32 Å². The van der Waals surface area contributed by atoms with E-state index < -0.39 is 6.04 Å². The Balaban J connectivity index is 0.00000289. The van der Waals surface area contributed by atoms with E-state index in [4.69, 9.17) is 5.73 Å². The smallest absolute Gasteiger partial charge is 0.237 e. The van der Waals surface area contributed by atoms with Crippen LogP contribution in [0, 0.1) is 5.92 Å². The summed E-state index contributed by atoms with van der Waals surface area (Å²) in [5.74, 6) is 0.345. The van der Waals surface area contributed by atoms with Crippen LogP contribution in [-0.2, 0) is 11.2 Å². The number of carbonyl (C=O) groups is 1. The molecule has 3 nitrogen and oxygen atoms in total. The van der Waals surface area contributed by atoms with Gasteiger partial charge in [0.05, 0.1) is 6.04 Å². The van der Waals surface area contributed by atoms with Crippen molar-refractivity contribution in [1.29, 1.82) is 0 Å². The maximum Gasteiger partial charge on any atom is 0.237 e. The fourth-order valence-electron chi connectivity index (χ4n) is 1.46. The summed E-state index contributed by atoms with van der Waals surface area (Å²) in [6, 6.07) is 9.52. The monoisotopic (exact) mass is 270 g/mol. The summed E-state index contributed by atoms with van der Waals surface area (Å²) in [4.78, 5) is 11.8. The Morgan fingerprint density at radius 2 is 1.78 bits per heavy atom. The number of nitrogens with two attached hydrogens (primary N) is 1. The molecule has 3 N–H and O–H groups in total. The SMILES string of the molecule is CC(C)C(C)NC(=O)[C@@H](N)Cc1ccccc1.Cl. The molecule has 4 heteroatoms. The summed E-state index contributed by atoms with van der Waals surface area (Å²) in [7, 11) is 0. The normalized spacial score (nSPS) is 13.6. The van der Waals surface area contributed by atoms with Gasteiger partial charge in [-0.1, -0.05) is 44.2 Å². The zero-order chi connectivity index (χ0) is 12.8. The third-order valence-electron chi connectivity index (χ3n) is 3.01. The molecule has 1 aromatic rings. The van der Waals surface area contributed by atoms with Crippen molar-refractivity contribution in [2.24, 2.45) is 11.7 Å². The van der Waals surface area contributed by atoms with E-state index in [1.54, 1.807) is 0 Å². The van der Waals surface area contributed by atoms with Gasteiger partial charge in [0.25, 0.3) is 0 Å². The molecule has 102 valence electrons. The van der Waals surface area contributed by atoms with Crippen LogP contribution < -0.4 is 11.1 Å². The van der Waals surface area contributed by atoms with E-state index in [2.05, 4.69) is 19.2 Å². The molecule has 0 bridgehead atoms. The van der Waals surface area contributed by atoms with Gasteiger partial charge in [-0.15, -0.1) is 12.4 Å². The topological polar surface area (TPSA) is 55.1 Å². The molecule has 1 amide bonds. The molecule has 0 saturated carbocycles. The van der Waals surface area contributed by atoms with Crippen molar-refractivity contribution in [2.75, 3.05) is 0 Å². The lowest BCUT2D eigenvalue weighted by Gasteiger charge is -2.20. The number of hydrogen-bond acceptors (Lipinski definition) is 2. The molecule has 0 aromatic heterocycles. The first-order valence-electron chi connectivity index (χ1n) is 6.10. The van der Waals surface area contributed by atoms with Crippen LogP contribution in [-0.4, -0.2) is 18.0 Å². The molecule has 2 atom stereocenters. The van der Waals surface area contributed by atoms with Gasteiger partial charge in [-0.3, -0.25) is 4.79 Å². The van der Waals surface area contributed by atoms with E-state index >= 15 is 0 Å². The Hall–Kier alpha value is -1.06. The fraction of sp³-hybridized carbons (Fsp3) is 0.500. The fourth-order valence-corrected chi connectivity index (χ4v) is 1.46. The van der Waals surface area contributed by atoms with Gasteiger partial charge in [-0.25, -0.2) is 0 Å². The molecule has 18 heavy (non-hydrogen) atoms. The predicted octanol–water partition coefficient (Wildman–Crippen LogP) is 2.14. The van der Waals surface area contributed by atoms with Gasteiger partial charge in [-0.2, -0.15) is 0 Å². The van der Waals surface area contributed by atoms with E-state index in [-0.39, 0.29) is 24.4 Å². The molecular weight excluding hydrogens is 248 g/mol. The second-order valence-electron chi connectivity index (χ2n) is 4.84. The van der Waals surface area contributed by atoms with Gasteiger partial charge in [0.1, 0.15) is 0 Å². The average molecular weight is 271 g/mol. The minimum Gasteiger partial charge on any atom is -0.352 e. The number of rotatable bonds is 5. The van der Waals surface area contributed by atoms with E-state index in [1.807, 2.05) is 37.3 Å². The van der Waals surface area contributed by atoms with E-state index in [0.717, 1.165) is 5.56 Å². The Morgan fingerprint density at radius 3 is 2.28 bits per heavy atom. The minimum absolute atomic E-state index is 0. The Kier molecular flexibility index (Phi) is 7.64. The second kappa shape index (κ2) is 8.11. The average Bonchev–Trinajstić information content (AvgIpc) is 2.29. The van der Waals surface area contributed by atoms with E-state index in [9.17, 15) is 4.79 Å². The number of benzene rings is 1. The van der Waals surface area contributed by atoms with Crippen LogP contribution in [0.15, 0.2) is 30.3 Å². The second-order valence-corrected chi connectivity index (χ2v) is 4.84. The van der Waals surface area contributed by atoms with E-state index in [0.29, 0.717) is 12.3 Å². The predicted molar refractivity (Wildman–Crippen MR) is 77.8 cm³/mol. The van der Waals surface area contributed by atoms with Crippen molar-refractivity contribution < 1.29 is 4.79 Å². The lowest BCUT2D eigenvalue weighted by Crippen LogP contribution is -2.47. The van der Waals surface area contributed by atoms with Crippen LogP contribution in [0.1, 0.15) is 26.3 Å².